The van der Waals surface area contributed by atoms with E-state index in [-0.39, 0.29) is 5.41 Å². The van der Waals surface area contributed by atoms with Crippen LogP contribution in [0, 0.1) is 22.2 Å². The first-order valence-electron chi connectivity index (χ1n) is 7.24. The van der Waals surface area contributed by atoms with Crippen molar-refractivity contribution >= 4 is 15.9 Å². The summed E-state index contributed by atoms with van der Waals surface area (Å²) >= 11 is 3.41. The first-order valence-corrected chi connectivity index (χ1v) is 8.04. The maximum absolute atomic E-state index is 9.53. The average Bonchev–Trinajstić information content (AvgIpc) is 2.43. The van der Waals surface area contributed by atoms with E-state index >= 15 is 0 Å². The second-order valence-electron chi connectivity index (χ2n) is 6.61. The Morgan fingerprint density at radius 2 is 1.75 bits per heavy atom. The normalized spacial score (nSPS) is 20.1. The van der Waals surface area contributed by atoms with Gasteiger partial charge in [0.05, 0.1) is 18.1 Å². The number of nitriles is 1. The Hall–Kier alpha value is -1.01. The minimum Gasteiger partial charge on any atom is -0.494 e. The highest BCUT2D eigenvalue weighted by Gasteiger charge is 2.38. The molecule has 1 fully saturated rings. The lowest BCUT2D eigenvalue weighted by Crippen LogP contribution is -2.31. The summed E-state index contributed by atoms with van der Waals surface area (Å²) in [6.07, 6.45) is 5.10. The molecule has 0 radical (unpaired) electrons. The Kier molecular flexibility index (Phi) is 4.75. The van der Waals surface area contributed by atoms with Gasteiger partial charge in [-0.25, -0.2) is 0 Å². The smallest absolute Gasteiger partial charge is 0.119 e. The van der Waals surface area contributed by atoms with Gasteiger partial charge in [0, 0.05) is 10.9 Å². The molecule has 1 aromatic carbocycles. The Morgan fingerprint density at radius 1 is 1.15 bits per heavy atom. The van der Waals surface area contributed by atoms with Crippen molar-refractivity contribution < 1.29 is 4.74 Å². The van der Waals surface area contributed by atoms with Crippen molar-refractivity contribution in [3.63, 3.8) is 0 Å². The molecular formula is C17H22BrNO. The maximum Gasteiger partial charge on any atom is 0.119 e. The van der Waals surface area contributed by atoms with Gasteiger partial charge >= 0.3 is 0 Å². The summed E-state index contributed by atoms with van der Waals surface area (Å²) in [6, 6.07) is 10.4. The van der Waals surface area contributed by atoms with Gasteiger partial charge < -0.3 is 4.74 Å². The highest BCUT2D eigenvalue weighted by Crippen LogP contribution is 2.46. The molecule has 1 saturated carbocycles. The molecule has 0 heterocycles. The summed E-state index contributed by atoms with van der Waals surface area (Å²) in [5.41, 5.74) is 0.220. The molecule has 0 atom stereocenters. The summed E-state index contributed by atoms with van der Waals surface area (Å²) in [5.74, 6) is 0.873. The van der Waals surface area contributed by atoms with Crippen LogP contribution >= 0.6 is 15.9 Å². The molecule has 2 rings (SSSR count). The fourth-order valence-corrected chi connectivity index (χ4v) is 2.98. The molecule has 0 saturated heterocycles. The Bertz CT molecular complexity index is 477. The van der Waals surface area contributed by atoms with Crippen LogP contribution in [0.2, 0.25) is 0 Å². The summed E-state index contributed by atoms with van der Waals surface area (Å²) in [4.78, 5) is 0. The molecule has 1 aromatic rings. The van der Waals surface area contributed by atoms with E-state index < -0.39 is 0 Å². The van der Waals surface area contributed by atoms with Gasteiger partial charge in [0.1, 0.15) is 5.75 Å². The fraction of sp³-hybridized carbons (Fsp3) is 0.588. The third-order valence-electron chi connectivity index (χ3n) is 4.46. The number of benzene rings is 1. The molecule has 0 aliphatic heterocycles. The van der Waals surface area contributed by atoms with Crippen molar-refractivity contribution in [2.24, 2.45) is 10.8 Å². The second-order valence-corrected chi connectivity index (χ2v) is 7.52. The predicted octanol–water partition coefficient (Wildman–Crippen LogP) is 5.33. The molecule has 0 N–H and O–H groups in total. The van der Waals surface area contributed by atoms with Crippen LogP contribution in [0.5, 0.6) is 5.75 Å². The zero-order valence-electron chi connectivity index (χ0n) is 12.3. The standard InChI is InChI=1S/C17H22BrNO/c1-16(2)7-9-17(13-19,10-8-16)11-12-20-15-5-3-14(18)4-6-15/h3-6H,7-12H2,1-2H3. The van der Waals surface area contributed by atoms with Crippen LogP contribution in [0.1, 0.15) is 46.0 Å². The largest absolute Gasteiger partial charge is 0.494 e. The molecule has 0 spiro atoms. The van der Waals surface area contributed by atoms with Gasteiger partial charge in [-0.3, -0.25) is 0 Å². The van der Waals surface area contributed by atoms with Gasteiger partial charge in [-0.15, -0.1) is 0 Å². The van der Waals surface area contributed by atoms with Gasteiger partial charge in [0.2, 0.25) is 0 Å². The van der Waals surface area contributed by atoms with E-state index in [1.54, 1.807) is 0 Å². The summed E-state index contributed by atoms with van der Waals surface area (Å²) in [7, 11) is 0. The molecule has 0 bridgehead atoms. The monoisotopic (exact) mass is 335 g/mol. The molecule has 1 aliphatic carbocycles. The molecule has 108 valence electrons. The minimum atomic E-state index is -0.176. The zero-order chi connectivity index (χ0) is 14.6. The topological polar surface area (TPSA) is 33.0 Å². The minimum absolute atomic E-state index is 0.176. The van der Waals surface area contributed by atoms with Crippen LogP contribution < -0.4 is 4.74 Å². The van der Waals surface area contributed by atoms with Crippen molar-refractivity contribution in [2.75, 3.05) is 6.61 Å². The van der Waals surface area contributed by atoms with Crippen LogP contribution in [0.3, 0.4) is 0 Å². The van der Waals surface area contributed by atoms with Crippen molar-refractivity contribution in [1.82, 2.24) is 0 Å². The van der Waals surface area contributed by atoms with Crippen molar-refractivity contribution in [3.05, 3.63) is 28.7 Å². The lowest BCUT2D eigenvalue weighted by atomic mass is 9.64. The lowest BCUT2D eigenvalue weighted by Gasteiger charge is -2.39. The number of halogens is 1. The van der Waals surface area contributed by atoms with E-state index in [0.717, 1.165) is 42.3 Å². The van der Waals surface area contributed by atoms with E-state index in [4.69, 9.17) is 4.74 Å². The second kappa shape index (κ2) is 6.18. The van der Waals surface area contributed by atoms with E-state index in [1.165, 1.54) is 0 Å². The quantitative estimate of drug-likeness (QED) is 0.745. The first kappa shape index (κ1) is 15.4. The van der Waals surface area contributed by atoms with E-state index in [2.05, 4.69) is 35.8 Å². The average molecular weight is 336 g/mol. The number of ether oxygens (including phenoxy) is 1. The van der Waals surface area contributed by atoms with Gasteiger partial charge in [-0.2, -0.15) is 5.26 Å². The maximum atomic E-state index is 9.53. The van der Waals surface area contributed by atoms with Gasteiger partial charge in [0.15, 0.2) is 0 Å². The summed E-state index contributed by atoms with van der Waals surface area (Å²) < 4.78 is 6.82. The number of hydrogen-bond acceptors (Lipinski definition) is 2. The molecule has 3 heteroatoms. The number of nitrogens with zero attached hydrogens (tertiary/aromatic N) is 1. The third-order valence-corrected chi connectivity index (χ3v) is 4.99. The molecule has 2 nitrogen and oxygen atoms in total. The van der Waals surface area contributed by atoms with E-state index in [0.29, 0.717) is 12.0 Å². The Morgan fingerprint density at radius 3 is 2.30 bits per heavy atom. The predicted molar refractivity (Wildman–Crippen MR) is 84.5 cm³/mol. The highest BCUT2D eigenvalue weighted by molar-refractivity contribution is 9.10. The molecule has 0 unspecified atom stereocenters. The molecular weight excluding hydrogens is 314 g/mol. The highest BCUT2D eigenvalue weighted by atomic mass is 79.9. The van der Waals surface area contributed by atoms with Crippen LogP contribution in [0.4, 0.5) is 0 Å². The van der Waals surface area contributed by atoms with Crippen LogP contribution in [0.25, 0.3) is 0 Å². The van der Waals surface area contributed by atoms with Crippen LogP contribution in [-0.2, 0) is 0 Å². The Labute approximate surface area is 130 Å². The van der Waals surface area contributed by atoms with Crippen molar-refractivity contribution in [2.45, 2.75) is 46.0 Å². The van der Waals surface area contributed by atoms with Gasteiger partial charge in [0.25, 0.3) is 0 Å². The molecule has 1 aliphatic rings. The fourth-order valence-electron chi connectivity index (χ4n) is 2.72. The summed E-state index contributed by atoms with van der Waals surface area (Å²) in [6.45, 7) is 5.22. The third kappa shape index (κ3) is 3.99. The lowest BCUT2D eigenvalue weighted by molar-refractivity contribution is 0.120. The van der Waals surface area contributed by atoms with Crippen LogP contribution in [0.15, 0.2) is 28.7 Å². The summed E-state index contributed by atoms with van der Waals surface area (Å²) in [5, 5.41) is 9.53. The number of rotatable bonds is 4. The zero-order valence-corrected chi connectivity index (χ0v) is 13.9. The van der Waals surface area contributed by atoms with E-state index in [1.807, 2.05) is 24.3 Å². The molecule has 20 heavy (non-hydrogen) atoms. The molecule has 0 aromatic heterocycles. The first-order chi connectivity index (χ1) is 9.45. The van der Waals surface area contributed by atoms with Crippen molar-refractivity contribution in [1.29, 1.82) is 5.26 Å². The molecule has 0 amide bonds. The van der Waals surface area contributed by atoms with Crippen molar-refractivity contribution in [3.8, 4) is 11.8 Å². The van der Waals surface area contributed by atoms with E-state index in [9.17, 15) is 5.26 Å². The van der Waals surface area contributed by atoms with Gasteiger partial charge in [-0.05, 0) is 55.4 Å². The van der Waals surface area contributed by atoms with Gasteiger partial charge in [-0.1, -0.05) is 29.8 Å². The SMILES string of the molecule is CC1(C)CCC(C#N)(CCOc2ccc(Br)cc2)CC1. The number of hydrogen-bond donors (Lipinski definition) is 0. The van der Waals surface area contributed by atoms with Crippen LogP contribution in [-0.4, -0.2) is 6.61 Å². The Balaban J connectivity index is 1.86.